The van der Waals surface area contributed by atoms with E-state index in [4.69, 9.17) is 10.5 Å². The Hall–Kier alpha value is -0.610. The largest absolute Gasteiger partial charge is 0.383 e. The summed E-state index contributed by atoms with van der Waals surface area (Å²) in [5, 5.41) is 2.96. The van der Waals surface area contributed by atoms with E-state index in [1.54, 1.807) is 7.11 Å². The predicted molar refractivity (Wildman–Crippen MR) is 64.1 cm³/mol. The number of nitrogens with two attached hydrogens (primary N) is 1. The fourth-order valence-corrected chi connectivity index (χ4v) is 2.44. The quantitative estimate of drug-likeness (QED) is 0.714. The van der Waals surface area contributed by atoms with E-state index in [9.17, 15) is 4.79 Å². The van der Waals surface area contributed by atoms with Gasteiger partial charge in [-0.2, -0.15) is 0 Å². The van der Waals surface area contributed by atoms with Gasteiger partial charge in [0.25, 0.3) is 0 Å². The molecule has 4 nitrogen and oxygen atoms in total. The Morgan fingerprint density at radius 1 is 1.50 bits per heavy atom. The van der Waals surface area contributed by atoms with Crippen molar-refractivity contribution < 1.29 is 9.53 Å². The monoisotopic (exact) mass is 228 g/mol. The van der Waals surface area contributed by atoms with E-state index in [-0.39, 0.29) is 12.5 Å². The molecule has 16 heavy (non-hydrogen) atoms. The molecule has 0 spiro atoms. The molecule has 1 unspecified atom stereocenters. The maximum atomic E-state index is 11.6. The normalized spacial score (nSPS) is 20.7. The highest BCUT2D eigenvalue weighted by molar-refractivity contribution is 5.81. The van der Waals surface area contributed by atoms with Gasteiger partial charge in [-0.1, -0.05) is 19.8 Å². The Bertz CT molecular complexity index is 225. The van der Waals surface area contributed by atoms with Gasteiger partial charge in [0.05, 0.1) is 6.61 Å². The second-order valence-electron chi connectivity index (χ2n) is 4.84. The number of carbonyl (C=O) groups excluding carboxylic acids is 1. The molecule has 1 aliphatic rings. The van der Waals surface area contributed by atoms with E-state index < -0.39 is 6.04 Å². The minimum Gasteiger partial charge on any atom is -0.383 e. The maximum absolute atomic E-state index is 11.6. The second kappa shape index (κ2) is 6.21. The van der Waals surface area contributed by atoms with Gasteiger partial charge in [0.2, 0.25) is 5.91 Å². The van der Waals surface area contributed by atoms with Crippen molar-refractivity contribution in [2.75, 3.05) is 20.3 Å². The minimum atomic E-state index is -0.541. The standard InChI is InChI=1S/C12H24N2O2/c1-3-12(6-4-5-7-12)9-14-11(15)10(13)8-16-2/h10H,3-9,13H2,1-2H3,(H,14,15). The first-order valence-electron chi connectivity index (χ1n) is 6.16. The van der Waals surface area contributed by atoms with Crippen LogP contribution < -0.4 is 11.1 Å². The highest BCUT2D eigenvalue weighted by Gasteiger charge is 2.32. The first-order chi connectivity index (χ1) is 7.63. The Balaban J connectivity index is 2.35. The van der Waals surface area contributed by atoms with E-state index in [0.29, 0.717) is 5.41 Å². The summed E-state index contributed by atoms with van der Waals surface area (Å²) in [6.07, 6.45) is 6.15. The molecule has 0 saturated heterocycles. The molecule has 1 amide bonds. The molecule has 1 rings (SSSR count). The van der Waals surface area contributed by atoms with Crippen LogP contribution in [0, 0.1) is 5.41 Å². The number of rotatable bonds is 6. The van der Waals surface area contributed by atoms with Crippen molar-refractivity contribution >= 4 is 5.91 Å². The van der Waals surface area contributed by atoms with Crippen LogP contribution in [0.3, 0.4) is 0 Å². The third-order valence-corrected chi connectivity index (χ3v) is 3.73. The predicted octanol–water partition coefficient (Wildman–Crippen LogP) is 1.05. The average molecular weight is 228 g/mol. The zero-order chi connectivity index (χ0) is 12.0. The third kappa shape index (κ3) is 3.46. The molecule has 0 radical (unpaired) electrons. The molecule has 1 atom stereocenters. The number of nitrogens with one attached hydrogen (secondary N) is 1. The van der Waals surface area contributed by atoms with Crippen molar-refractivity contribution in [1.82, 2.24) is 5.32 Å². The van der Waals surface area contributed by atoms with Gasteiger partial charge in [0, 0.05) is 13.7 Å². The van der Waals surface area contributed by atoms with Crippen LogP contribution in [-0.2, 0) is 9.53 Å². The smallest absolute Gasteiger partial charge is 0.239 e. The van der Waals surface area contributed by atoms with Crippen molar-refractivity contribution in [3.05, 3.63) is 0 Å². The van der Waals surface area contributed by atoms with E-state index in [1.165, 1.54) is 25.7 Å². The molecule has 0 heterocycles. The second-order valence-corrected chi connectivity index (χ2v) is 4.84. The van der Waals surface area contributed by atoms with E-state index in [0.717, 1.165) is 13.0 Å². The van der Waals surface area contributed by atoms with Crippen LogP contribution in [-0.4, -0.2) is 32.2 Å². The van der Waals surface area contributed by atoms with Crippen molar-refractivity contribution in [2.45, 2.75) is 45.1 Å². The van der Waals surface area contributed by atoms with E-state index in [2.05, 4.69) is 12.2 Å². The molecule has 1 fully saturated rings. The number of hydrogen-bond donors (Lipinski definition) is 2. The number of methoxy groups -OCH3 is 1. The fraction of sp³-hybridized carbons (Fsp3) is 0.917. The number of amides is 1. The van der Waals surface area contributed by atoms with Crippen LogP contribution in [0.1, 0.15) is 39.0 Å². The van der Waals surface area contributed by atoms with Crippen LogP contribution in [0.4, 0.5) is 0 Å². The Labute approximate surface area is 97.9 Å². The summed E-state index contributed by atoms with van der Waals surface area (Å²) in [4.78, 5) is 11.6. The Morgan fingerprint density at radius 2 is 2.12 bits per heavy atom. The number of ether oxygens (including phenoxy) is 1. The highest BCUT2D eigenvalue weighted by Crippen LogP contribution is 2.40. The minimum absolute atomic E-state index is 0.0958. The van der Waals surface area contributed by atoms with Gasteiger partial charge in [0.1, 0.15) is 6.04 Å². The zero-order valence-electron chi connectivity index (χ0n) is 10.4. The summed E-state index contributed by atoms with van der Waals surface area (Å²) in [6, 6.07) is -0.541. The summed E-state index contributed by atoms with van der Waals surface area (Å²) < 4.78 is 4.86. The molecule has 0 aromatic heterocycles. The molecular weight excluding hydrogens is 204 g/mol. The molecule has 0 aliphatic heterocycles. The molecule has 94 valence electrons. The van der Waals surface area contributed by atoms with Crippen molar-refractivity contribution in [3.8, 4) is 0 Å². The highest BCUT2D eigenvalue weighted by atomic mass is 16.5. The lowest BCUT2D eigenvalue weighted by atomic mass is 9.83. The lowest BCUT2D eigenvalue weighted by molar-refractivity contribution is -0.124. The third-order valence-electron chi connectivity index (χ3n) is 3.73. The lowest BCUT2D eigenvalue weighted by Gasteiger charge is -2.28. The van der Waals surface area contributed by atoms with Crippen LogP contribution in [0.25, 0.3) is 0 Å². The van der Waals surface area contributed by atoms with Gasteiger partial charge in [-0.05, 0) is 24.7 Å². The molecule has 0 bridgehead atoms. The summed E-state index contributed by atoms with van der Waals surface area (Å²) in [5.41, 5.74) is 5.98. The first-order valence-corrected chi connectivity index (χ1v) is 6.16. The summed E-state index contributed by atoms with van der Waals surface area (Å²) >= 11 is 0. The molecule has 3 N–H and O–H groups in total. The van der Waals surface area contributed by atoms with Gasteiger partial charge >= 0.3 is 0 Å². The Kier molecular flexibility index (Phi) is 5.22. The van der Waals surface area contributed by atoms with Gasteiger partial charge in [-0.15, -0.1) is 0 Å². The molecule has 0 aromatic carbocycles. The van der Waals surface area contributed by atoms with Crippen molar-refractivity contribution in [1.29, 1.82) is 0 Å². The summed E-state index contributed by atoms with van der Waals surface area (Å²) in [7, 11) is 1.55. The van der Waals surface area contributed by atoms with Crippen LogP contribution >= 0.6 is 0 Å². The van der Waals surface area contributed by atoms with Gasteiger partial charge < -0.3 is 15.8 Å². The molecule has 1 aliphatic carbocycles. The van der Waals surface area contributed by atoms with E-state index in [1.807, 2.05) is 0 Å². The molecule has 4 heteroatoms. The van der Waals surface area contributed by atoms with Gasteiger partial charge in [0.15, 0.2) is 0 Å². The van der Waals surface area contributed by atoms with Gasteiger partial charge in [-0.3, -0.25) is 4.79 Å². The molecule has 0 aromatic rings. The number of carbonyl (C=O) groups is 1. The summed E-state index contributed by atoms with van der Waals surface area (Å²) in [6.45, 7) is 3.25. The van der Waals surface area contributed by atoms with Crippen LogP contribution in [0.5, 0.6) is 0 Å². The zero-order valence-corrected chi connectivity index (χ0v) is 10.4. The average Bonchev–Trinajstić information content (AvgIpc) is 2.75. The van der Waals surface area contributed by atoms with Crippen molar-refractivity contribution in [3.63, 3.8) is 0 Å². The van der Waals surface area contributed by atoms with Crippen LogP contribution in [0.15, 0.2) is 0 Å². The lowest BCUT2D eigenvalue weighted by Crippen LogP contribution is -2.46. The number of hydrogen-bond acceptors (Lipinski definition) is 3. The van der Waals surface area contributed by atoms with Crippen LogP contribution in [0.2, 0.25) is 0 Å². The van der Waals surface area contributed by atoms with E-state index >= 15 is 0 Å². The molecule has 1 saturated carbocycles. The van der Waals surface area contributed by atoms with Crippen molar-refractivity contribution in [2.24, 2.45) is 11.1 Å². The topological polar surface area (TPSA) is 64.4 Å². The Morgan fingerprint density at radius 3 is 2.62 bits per heavy atom. The fourth-order valence-electron chi connectivity index (χ4n) is 2.44. The SMILES string of the molecule is CCC1(CNC(=O)C(N)COC)CCCC1. The van der Waals surface area contributed by atoms with Gasteiger partial charge in [-0.25, -0.2) is 0 Å². The molecular formula is C12H24N2O2. The summed E-state index contributed by atoms with van der Waals surface area (Å²) in [5.74, 6) is -0.0958. The maximum Gasteiger partial charge on any atom is 0.239 e. The first kappa shape index (κ1) is 13.5.